The van der Waals surface area contributed by atoms with Gasteiger partial charge in [0.25, 0.3) is 0 Å². The van der Waals surface area contributed by atoms with Crippen LogP contribution in [0.3, 0.4) is 0 Å². The van der Waals surface area contributed by atoms with E-state index in [-0.39, 0.29) is 12.8 Å². The number of hydrogen-bond donors (Lipinski definition) is 4. The van der Waals surface area contributed by atoms with Crippen LogP contribution >= 0.6 is 0 Å². The zero-order chi connectivity index (χ0) is 12.6. The molecule has 0 aromatic rings. The van der Waals surface area contributed by atoms with Crippen molar-refractivity contribution in [1.82, 2.24) is 0 Å². The van der Waals surface area contributed by atoms with Gasteiger partial charge in [0.15, 0.2) is 5.79 Å². The molecule has 0 rings (SSSR count). The van der Waals surface area contributed by atoms with Gasteiger partial charge in [0.2, 0.25) is 0 Å². The number of carbonyl (C=O) groups is 2. The maximum absolute atomic E-state index is 10.2. The molecule has 4 N–H and O–H groups in total. The van der Waals surface area contributed by atoms with Crippen LogP contribution in [0.2, 0.25) is 0 Å². The maximum atomic E-state index is 10.2. The Labute approximate surface area is 93.5 Å². The fourth-order valence-corrected chi connectivity index (χ4v) is 1.37. The molecule has 6 heteroatoms. The van der Waals surface area contributed by atoms with E-state index in [0.717, 1.165) is 0 Å². The van der Waals surface area contributed by atoms with E-state index in [9.17, 15) is 19.8 Å². The van der Waals surface area contributed by atoms with Crippen molar-refractivity contribution in [3.05, 3.63) is 0 Å². The van der Waals surface area contributed by atoms with E-state index in [1.807, 2.05) is 0 Å². The maximum Gasteiger partial charge on any atom is 0.308 e. The van der Waals surface area contributed by atoms with Crippen LogP contribution in [0, 0.1) is 0 Å². The summed E-state index contributed by atoms with van der Waals surface area (Å²) in [5.74, 6) is -4.25. The van der Waals surface area contributed by atoms with Gasteiger partial charge in [-0.3, -0.25) is 9.59 Å². The Morgan fingerprint density at radius 1 is 0.875 bits per heavy atom. The Bertz CT molecular complexity index is 235. The van der Waals surface area contributed by atoms with Crippen molar-refractivity contribution in [2.45, 2.75) is 50.7 Å². The Morgan fingerprint density at radius 2 is 1.44 bits per heavy atom. The van der Waals surface area contributed by atoms with Crippen LogP contribution < -0.4 is 0 Å². The summed E-state index contributed by atoms with van der Waals surface area (Å²) in [5, 5.41) is 35.1. The van der Waals surface area contributed by atoms with Crippen LogP contribution in [0.25, 0.3) is 0 Å². The van der Waals surface area contributed by atoms with Crippen LogP contribution in [0.15, 0.2) is 0 Å². The van der Waals surface area contributed by atoms with Gasteiger partial charge < -0.3 is 20.4 Å². The van der Waals surface area contributed by atoms with Crippen LogP contribution in [0.1, 0.15) is 44.9 Å². The molecule has 0 unspecified atom stereocenters. The molecule has 0 aromatic heterocycles. The predicted molar refractivity (Wildman–Crippen MR) is 54.8 cm³/mol. The van der Waals surface area contributed by atoms with Gasteiger partial charge >= 0.3 is 11.9 Å². The van der Waals surface area contributed by atoms with Crippen molar-refractivity contribution in [2.24, 2.45) is 0 Å². The molecule has 16 heavy (non-hydrogen) atoms. The lowest BCUT2D eigenvalue weighted by molar-refractivity contribution is -0.184. The standard InChI is InChI=1S/C10H18O6/c11-8(12)5-3-1-2-4-6-10(15,16)7-9(13)14/h15-16H,1-7H2,(H,11,12)(H,13,14). The summed E-state index contributed by atoms with van der Waals surface area (Å²) in [4.78, 5) is 20.4. The first-order chi connectivity index (χ1) is 7.33. The van der Waals surface area contributed by atoms with E-state index >= 15 is 0 Å². The number of aliphatic carboxylic acids is 2. The highest BCUT2D eigenvalue weighted by molar-refractivity contribution is 5.67. The molecule has 0 aliphatic rings. The van der Waals surface area contributed by atoms with E-state index < -0.39 is 24.1 Å². The molecule has 0 aliphatic heterocycles. The topological polar surface area (TPSA) is 115 Å². The Balaban J connectivity index is 3.50. The quantitative estimate of drug-likeness (QED) is 0.342. The van der Waals surface area contributed by atoms with Crippen molar-refractivity contribution in [3.8, 4) is 0 Å². The molecule has 0 heterocycles. The number of unbranched alkanes of at least 4 members (excludes halogenated alkanes) is 3. The summed E-state index contributed by atoms with van der Waals surface area (Å²) in [6.07, 6.45) is 1.79. The highest BCUT2D eigenvalue weighted by atomic mass is 16.5. The van der Waals surface area contributed by atoms with Gasteiger partial charge in [-0.25, -0.2) is 0 Å². The minimum Gasteiger partial charge on any atom is -0.481 e. The lowest BCUT2D eigenvalue weighted by Crippen LogP contribution is -2.31. The zero-order valence-corrected chi connectivity index (χ0v) is 9.06. The van der Waals surface area contributed by atoms with E-state index in [1.165, 1.54) is 0 Å². The molecule has 0 fully saturated rings. The van der Waals surface area contributed by atoms with Crippen LogP contribution in [0.5, 0.6) is 0 Å². The second-order valence-electron chi connectivity index (χ2n) is 3.86. The highest BCUT2D eigenvalue weighted by Gasteiger charge is 2.25. The molecular formula is C10H18O6. The van der Waals surface area contributed by atoms with Gasteiger partial charge in [0, 0.05) is 12.8 Å². The summed E-state index contributed by atoms with van der Waals surface area (Å²) < 4.78 is 0. The smallest absolute Gasteiger partial charge is 0.308 e. The van der Waals surface area contributed by atoms with Gasteiger partial charge in [0.05, 0.1) is 6.42 Å². The second-order valence-corrected chi connectivity index (χ2v) is 3.86. The minimum atomic E-state index is -2.15. The lowest BCUT2D eigenvalue weighted by atomic mass is 10.0. The molecule has 6 nitrogen and oxygen atoms in total. The van der Waals surface area contributed by atoms with Crippen molar-refractivity contribution < 1.29 is 30.0 Å². The third-order valence-electron chi connectivity index (χ3n) is 2.15. The minimum absolute atomic E-state index is 0.00757. The van der Waals surface area contributed by atoms with Crippen molar-refractivity contribution in [1.29, 1.82) is 0 Å². The summed E-state index contributed by atoms with van der Waals surface area (Å²) >= 11 is 0. The SMILES string of the molecule is O=C(O)CCCCCCC(O)(O)CC(=O)O. The average Bonchev–Trinajstić information content (AvgIpc) is 2.08. The van der Waals surface area contributed by atoms with E-state index in [0.29, 0.717) is 25.7 Å². The third kappa shape index (κ3) is 9.42. The van der Waals surface area contributed by atoms with Crippen LogP contribution in [-0.2, 0) is 9.59 Å². The molecule has 94 valence electrons. The zero-order valence-electron chi connectivity index (χ0n) is 9.06. The highest BCUT2D eigenvalue weighted by Crippen LogP contribution is 2.16. The van der Waals surface area contributed by atoms with Gasteiger partial charge in [-0.05, 0) is 12.8 Å². The van der Waals surface area contributed by atoms with Crippen molar-refractivity contribution in [2.75, 3.05) is 0 Å². The van der Waals surface area contributed by atoms with E-state index in [2.05, 4.69) is 0 Å². The first-order valence-electron chi connectivity index (χ1n) is 5.22. The molecule has 0 bridgehead atoms. The first kappa shape index (κ1) is 14.9. The molecule has 0 amide bonds. The molecule has 0 aromatic carbocycles. The fourth-order valence-electron chi connectivity index (χ4n) is 1.37. The van der Waals surface area contributed by atoms with Crippen LogP contribution in [-0.4, -0.2) is 38.2 Å². The summed E-state index contributed by atoms with van der Waals surface area (Å²) in [5.41, 5.74) is 0. The predicted octanol–water partition coefficient (Wildman–Crippen LogP) is 0.567. The Hall–Kier alpha value is -1.14. The molecule has 0 aliphatic carbocycles. The molecule has 0 saturated heterocycles. The third-order valence-corrected chi connectivity index (χ3v) is 2.15. The van der Waals surface area contributed by atoms with E-state index in [4.69, 9.17) is 10.2 Å². The summed E-state index contributed by atoms with van der Waals surface area (Å²) in [6.45, 7) is 0. The van der Waals surface area contributed by atoms with Crippen molar-refractivity contribution in [3.63, 3.8) is 0 Å². The number of aliphatic hydroxyl groups is 2. The largest absolute Gasteiger partial charge is 0.481 e. The number of hydrogen-bond acceptors (Lipinski definition) is 4. The van der Waals surface area contributed by atoms with Crippen molar-refractivity contribution >= 4 is 11.9 Å². The Morgan fingerprint density at radius 3 is 1.94 bits per heavy atom. The normalized spacial score (nSPS) is 11.4. The number of rotatable bonds is 9. The average molecular weight is 234 g/mol. The number of carboxylic acids is 2. The van der Waals surface area contributed by atoms with Gasteiger partial charge in [-0.1, -0.05) is 12.8 Å². The molecule has 0 saturated carbocycles. The molecule has 0 radical (unpaired) electrons. The van der Waals surface area contributed by atoms with Crippen LogP contribution in [0.4, 0.5) is 0 Å². The monoisotopic (exact) mass is 234 g/mol. The lowest BCUT2D eigenvalue weighted by Gasteiger charge is -2.19. The molecular weight excluding hydrogens is 216 g/mol. The van der Waals surface area contributed by atoms with Gasteiger partial charge in [-0.2, -0.15) is 0 Å². The second kappa shape index (κ2) is 7.19. The Kier molecular flexibility index (Phi) is 6.67. The number of carboxylic acid groups (broad SMARTS) is 2. The molecule has 0 atom stereocenters. The summed E-state index contributed by atoms with van der Waals surface area (Å²) in [6, 6.07) is 0. The molecule has 0 spiro atoms. The van der Waals surface area contributed by atoms with Gasteiger partial charge in [-0.15, -0.1) is 0 Å². The van der Waals surface area contributed by atoms with E-state index in [1.54, 1.807) is 0 Å². The summed E-state index contributed by atoms with van der Waals surface area (Å²) in [7, 11) is 0. The van der Waals surface area contributed by atoms with Gasteiger partial charge in [0.1, 0.15) is 0 Å². The first-order valence-corrected chi connectivity index (χ1v) is 5.22. The fraction of sp³-hybridized carbons (Fsp3) is 0.800.